The number of carbonyl (C=O) groups excluding carboxylic acids is 1. The van der Waals surface area contributed by atoms with Crippen LogP contribution in [0.3, 0.4) is 0 Å². The molecule has 0 saturated heterocycles. The van der Waals surface area contributed by atoms with Crippen LogP contribution in [0.2, 0.25) is 0 Å². The maximum absolute atomic E-state index is 14.9. The van der Waals surface area contributed by atoms with Gasteiger partial charge in [0.15, 0.2) is 16.4 Å². The van der Waals surface area contributed by atoms with E-state index in [2.05, 4.69) is 4.98 Å². The number of ether oxygens (including phenoxy) is 1. The third-order valence-electron chi connectivity index (χ3n) is 7.66. The Hall–Kier alpha value is -4.29. The van der Waals surface area contributed by atoms with E-state index in [0.717, 1.165) is 22.5 Å². The van der Waals surface area contributed by atoms with Crippen LogP contribution in [0.15, 0.2) is 89.1 Å². The van der Waals surface area contributed by atoms with Gasteiger partial charge in [-0.3, -0.25) is 0 Å². The molecule has 1 fully saturated rings. The van der Waals surface area contributed by atoms with Crippen molar-refractivity contribution in [1.29, 1.82) is 0 Å². The van der Waals surface area contributed by atoms with Gasteiger partial charge in [0, 0.05) is 22.9 Å². The summed E-state index contributed by atoms with van der Waals surface area (Å²) >= 11 is 1.01. The molecule has 0 spiro atoms. The number of nitrogens with zero attached hydrogens (tertiary/aromatic N) is 3. The van der Waals surface area contributed by atoms with Gasteiger partial charge in [-0.2, -0.15) is 18.3 Å². The number of hydrogen-bond acceptors (Lipinski definition) is 7. The molecule has 3 aromatic carbocycles. The van der Waals surface area contributed by atoms with Crippen molar-refractivity contribution in [3.63, 3.8) is 0 Å². The highest BCUT2D eigenvalue weighted by atomic mass is 32.2. The molecule has 0 atom stereocenters. The molecule has 0 bridgehead atoms. The summed E-state index contributed by atoms with van der Waals surface area (Å²) in [6.45, 7) is 1.78. The molecule has 0 amide bonds. The molecule has 1 aliphatic rings. The summed E-state index contributed by atoms with van der Waals surface area (Å²) in [5.74, 6) is -0.673. The summed E-state index contributed by atoms with van der Waals surface area (Å²) in [6.07, 6.45) is -4.76. The smallest absolute Gasteiger partial charge is 0.399 e. The lowest BCUT2D eigenvalue weighted by atomic mass is 9.90. The molecule has 5 aromatic rings. The highest BCUT2D eigenvalue weighted by molar-refractivity contribution is 7.72. The Balaban J connectivity index is 1.58. The largest absolute Gasteiger partial charge is 0.461 e. The molecule has 44 heavy (non-hydrogen) atoms. The molecule has 2 aromatic heterocycles. The predicted octanol–water partition coefficient (Wildman–Crippen LogP) is 6.99. The van der Waals surface area contributed by atoms with Crippen molar-refractivity contribution in [2.75, 3.05) is 6.61 Å². The van der Waals surface area contributed by atoms with Gasteiger partial charge in [-0.15, -0.1) is 11.3 Å². The van der Waals surface area contributed by atoms with Gasteiger partial charge >= 0.3 is 12.1 Å². The summed E-state index contributed by atoms with van der Waals surface area (Å²) < 4.78 is 73.8. The van der Waals surface area contributed by atoms with Crippen LogP contribution in [-0.4, -0.2) is 41.9 Å². The van der Waals surface area contributed by atoms with E-state index in [9.17, 15) is 26.4 Å². The third-order valence-corrected chi connectivity index (χ3v) is 9.19. The first-order chi connectivity index (χ1) is 21.1. The van der Waals surface area contributed by atoms with E-state index in [4.69, 9.17) is 9.84 Å². The minimum absolute atomic E-state index is 0.0124. The van der Waals surface area contributed by atoms with E-state index >= 15 is 0 Å². The van der Waals surface area contributed by atoms with Crippen molar-refractivity contribution < 1.29 is 31.1 Å². The molecule has 0 N–H and O–H groups in total. The first-order valence-electron chi connectivity index (χ1n) is 13.8. The first-order valence-corrected chi connectivity index (χ1v) is 15.9. The van der Waals surface area contributed by atoms with Gasteiger partial charge in [0.25, 0.3) is 0 Å². The molecular weight excluding hydrogens is 611 g/mol. The van der Waals surface area contributed by atoms with Crippen LogP contribution < -0.4 is 0 Å². The van der Waals surface area contributed by atoms with Crippen molar-refractivity contribution in [1.82, 2.24) is 14.8 Å². The van der Waals surface area contributed by atoms with Crippen molar-refractivity contribution in [3.05, 3.63) is 107 Å². The van der Waals surface area contributed by atoms with Crippen molar-refractivity contribution in [3.8, 4) is 27.5 Å². The fourth-order valence-corrected chi connectivity index (χ4v) is 6.48. The molecule has 226 valence electrons. The van der Waals surface area contributed by atoms with E-state index in [0.29, 0.717) is 22.4 Å². The summed E-state index contributed by atoms with van der Waals surface area (Å²) in [7, 11) is -2.81. The number of aromatic nitrogens is 3. The zero-order valence-corrected chi connectivity index (χ0v) is 25.1. The number of benzene rings is 3. The number of alkyl halides is 3. The standard InChI is InChI=1S/C32H26F3N3O4S2/c1-2-42-29(39)26-19-43-30(36-26)38-28(31(15-16-31)32(33,34)35)25(17-20-11-13-24(14-12-20)44(40)41)27(37-38)23-10-6-9-22(18-23)21-7-4-3-5-8-21/h3-14,18-19,44H,2,15-17H2,1H3. The van der Waals surface area contributed by atoms with Gasteiger partial charge in [-0.05, 0) is 54.7 Å². The Bertz CT molecular complexity index is 1900. The first kappa shape index (κ1) is 29.8. The van der Waals surface area contributed by atoms with Crippen molar-refractivity contribution in [2.45, 2.75) is 42.7 Å². The quantitative estimate of drug-likeness (QED) is 0.138. The van der Waals surface area contributed by atoms with Crippen LogP contribution in [0.5, 0.6) is 0 Å². The molecule has 2 heterocycles. The number of carbonyl (C=O) groups is 1. The van der Waals surface area contributed by atoms with Crippen LogP contribution in [0.25, 0.3) is 27.5 Å². The van der Waals surface area contributed by atoms with Crippen LogP contribution in [0.4, 0.5) is 13.2 Å². The lowest BCUT2D eigenvalue weighted by Gasteiger charge is -2.22. The second-order valence-electron chi connectivity index (χ2n) is 10.5. The SMILES string of the molecule is CCOC(=O)c1csc(-n2nc(-c3cccc(-c4ccccc4)c3)c(Cc3ccc([SH](=O)=O)cc3)c2C2(C(F)(F)F)CC2)n1. The predicted molar refractivity (Wildman–Crippen MR) is 161 cm³/mol. The number of rotatable bonds is 9. The normalized spacial score (nSPS) is 14.1. The second kappa shape index (κ2) is 11.7. The van der Waals surface area contributed by atoms with E-state index in [-0.39, 0.29) is 47.3 Å². The van der Waals surface area contributed by atoms with Crippen LogP contribution in [0.1, 0.15) is 47.1 Å². The van der Waals surface area contributed by atoms with Crippen molar-refractivity contribution in [2.24, 2.45) is 0 Å². The maximum atomic E-state index is 14.9. The molecule has 6 rings (SSSR count). The third kappa shape index (κ3) is 5.55. The molecular formula is C32H26F3N3O4S2. The summed E-state index contributed by atoms with van der Waals surface area (Å²) in [5.41, 5.74) is 1.54. The fourth-order valence-electron chi connectivity index (χ4n) is 5.34. The number of esters is 1. The monoisotopic (exact) mass is 637 g/mol. The summed E-state index contributed by atoms with van der Waals surface area (Å²) in [5, 5.41) is 6.34. The topological polar surface area (TPSA) is 91.2 Å². The van der Waals surface area contributed by atoms with Crippen LogP contribution in [-0.2, 0) is 27.3 Å². The Morgan fingerprint density at radius 2 is 1.66 bits per heavy atom. The number of thiazole rings is 1. The lowest BCUT2D eigenvalue weighted by Crippen LogP contribution is -2.32. The molecule has 0 radical (unpaired) electrons. The number of halogens is 3. The fraction of sp³-hybridized carbons (Fsp3) is 0.219. The Morgan fingerprint density at radius 1 is 0.977 bits per heavy atom. The average Bonchev–Trinajstić information content (AvgIpc) is 3.53. The zero-order valence-electron chi connectivity index (χ0n) is 23.4. The van der Waals surface area contributed by atoms with E-state index in [1.54, 1.807) is 25.1 Å². The minimum Gasteiger partial charge on any atom is -0.461 e. The Kier molecular flexibility index (Phi) is 7.89. The lowest BCUT2D eigenvalue weighted by molar-refractivity contribution is -0.162. The molecule has 12 heteroatoms. The Morgan fingerprint density at radius 3 is 2.30 bits per heavy atom. The van der Waals surface area contributed by atoms with Crippen molar-refractivity contribution >= 4 is 28.0 Å². The zero-order chi connectivity index (χ0) is 31.1. The van der Waals surface area contributed by atoms with Gasteiger partial charge in [0.1, 0.15) is 5.41 Å². The average molecular weight is 638 g/mol. The van der Waals surface area contributed by atoms with E-state index in [1.165, 1.54) is 22.2 Å². The van der Waals surface area contributed by atoms with Gasteiger partial charge in [-0.25, -0.2) is 22.9 Å². The molecule has 0 unspecified atom stereocenters. The number of hydrogen-bond donors (Lipinski definition) is 1. The van der Waals surface area contributed by atoms with Crippen LogP contribution in [0, 0.1) is 0 Å². The second-order valence-corrected chi connectivity index (χ2v) is 12.3. The minimum atomic E-state index is -4.57. The highest BCUT2D eigenvalue weighted by Crippen LogP contribution is 2.61. The molecule has 0 aliphatic heterocycles. The van der Waals surface area contributed by atoms with Gasteiger partial charge < -0.3 is 4.74 Å². The highest BCUT2D eigenvalue weighted by Gasteiger charge is 2.67. The molecule has 1 aliphatic carbocycles. The Labute approximate surface area is 256 Å². The molecule has 7 nitrogen and oxygen atoms in total. The maximum Gasteiger partial charge on any atom is 0.399 e. The van der Waals surface area contributed by atoms with E-state index in [1.807, 2.05) is 48.5 Å². The van der Waals surface area contributed by atoms with Crippen LogP contribution >= 0.6 is 11.3 Å². The molecule has 1 saturated carbocycles. The summed E-state index contributed by atoms with van der Waals surface area (Å²) in [6, 6.07) is 23.1. The van der Waals surface area contributed by atoms with E-state index < -0.39 is 28.3 Å². The van der Waals surface area contributed by atoms with Gasteiger partial charge in [-0.1, -0.05) is 60.7 Å². The summed E-state index contributed by atoms with van der Waals surface area (Å²) in [4.78, 5) is 16.8. The van der Waals surface area contributed by atoms with Gasteiger partial charge in [0.05, 0.1) is 22.9 Å². The number of thiol groups is 1. The van der Waals surface area contributed by atoms with Gasteiger partial charge in [0.2, 0.25) is 5.13 Å².